The van der Waals surface area contributed by atoms with Crippen molar-refractivity contribution in [1.29, 1.82) is 0 Å². The van der Waals surface area contributed by atoms with Crippen LogP contribution in [0.1, 0.15) is 19.4 Å². The summed E-state index contributed by atoms with van der Waals surface area (Å²) >= 11 is 0. The van der Waals surface area contributed by atoms with E-state index in [1.165, 1.54) is 16.4 Å². The van der Waals surface area contributed by atoms with Crippen molar-refractivity contribution in [3.63, 3.8) is 0 Å². The molecule has 1 N–H and O–H groups in total. The summed E-state index contributed by atoms with van der Waals surface area (Å²) in [4.78, 5) is -0.237. The maximum Gasteiger partial charge on any atom is 0.246 e. The van der Waals surface area contributed by atoms with Crippen molar-refractivity contribution in [2.45, 2.75) is 37.8 Å². The minimum absolute atomic E-state index is 0.0528. The van der Waals surface area contributed by atoms with E-state index in [1.807, 2.05) is 13.8 Å². The molecule has 1 fully saturated rings. The highest BCUT2D eigenvalue weighted by molar-refractivity contribution is 7.89. The van der Waals surface area contributed by atoms with Gasteiger partial charge in [-0.05, 0) is 38.5 Å². The van der Waals surface area contributed by atoms with E-state index in [-0.39, 0.29) is 17.0 Å². The molecule has 0 spiro atoms. The van der Waals surface area contributed by atoms with E-state index in [1.54, 1.807) is 13.0 Å². The topological polar surface area (TPSA) is 49.4 Å². The molecule has 2 atom stereocenters. The van der Waals surface area contributed by atoms with E-state index < -0.39 is 15.8 Å². The number of rotatable bonds is 2. The number of halogens is 1. The molecule has 1 aromatic carbocycles. The lowest BCUT2D eigenvalue weighted by molar-refractivity contribution is 0.232. The lowest BCUT2D eigenvalue weighted by Gasteiger charge is -2.37. The Labute approximate surface area is 113 Å². The van der Waals surface area contributed by atoms with Crippen LogP contribution in [0.4, 0.5) is 4.39 Å². The molecule has 0 aliphatic carbocycles. The summed E-state index contributed by atoms with van der Waals surface area (Å²) in [6.45, 7) is 6.44. The second-order valence-corrected chi connectivity index (χ2v) is 6.89. The average Bonchev–Trinajstić information content (AvgIpc) is 2.31. The van der Waals surface area contributed by atoms with Crippen LogP contribution in [-0.2, 0) is 10.0 Å². The van der Waals surface area contributed by atoms with Crippen LogP contribution < -0.4 is 5.32 Å². The Morgan fingerprint density at radius 1 is 1.37 bits per heavy atom. The number of benzene rings is 1. The van der Waals surface area contributed by atoms with Gasteiger partial charge in [0.25, 0.3) is 0 Å². The number of sulfonamides is 1. The summed E-state index contributed by atoms with van der Waals surface area (Å²) in [6, 6.07) is 4.07. The van der Waals surface area contributed by atoms with Crippen LogP contribution >= 0.6 is 0 Å². The minimum atomic E-state index is -3.77. The second-order valence-electron chi connectivity index (χ2n) is 5.03. The summed E-state index contributed by atoms with van der Waals surface area (Å²) < 4.78 is 40.3. The summed E-state index contributed by atoms with van der Waals surface area (Å²) in [7, 11) is -3.77. The van der Waals surface area contributed by atoms with E-state index in [9.17, 15) is 12.8 Å². The number of aryl methyl sites for hydroxylation is 1. The molecule has 0 amide bonds. The predicted molar refractivity (Wildman–Crippen MR) is 72.0 cm³/mol. The zero-order valence-corrected chi connectivity index (χ0v) is 12.2. The van der Waals surface area contributed by atoms with Gasteiger partial charge in [0, 0.05) is 25.2 Å². The van der Waals surface area contributed by atoms with Gasteiger partial charge in [-0.3, -0.25) is 0 Å². The smallest absolute Gasteiger partial charge is 0.246 e. The third kappa shape index (κ3) is 2.66. The SMILES string of the molecule is Cc1ccc(S(=O)(=O)N2CCNC(C)C2C)c(F)c1. The lowest BCUT2D eigenvalue weighted by Crippen LogP contribution is -2.57. The molecule has 1 aliphatic heterocycles. The number of nitrogens with one attached hydrogen (secondary N) is 1. The summed E-state index contributed by atoms with van der Waals surface area (Å²) in [5, 5.41) is 3.21. The van der Waals surface area contributed by atoms with E-state index in [0.717, 1.165) is 0 Å². The van der Waals surface area contributed by atoms with Crippen molar-refractivity contribution < 1.29 is 12.8 Å². The third-order valence-corrected chi connectivity index (χ3v) is 5.67. The van der Waals surface area contributed by atoms with Crippen LogP contribution in [0.25, 0.3) is 0 Å². The first-order valence-corrected chi connectivity index (χ1v) is 7.79. The molecule has 1 aromatic rings. The Hall–Kier alpha value is -0.980. The van der Waals surface area contributed by atoms with Gasteiger partial charge >= 0.3 is 0 Å². The third-order valence-electron chi connectivity index (χ3n) is 3.65. The van der Waals surface area contributed by atoms with Gasteiger partial charge in [-0.15, -0.1) is 0 Å². The van der Waals surface area contributed by atoms with Gasteiger partial charge in [0.15, 0.2) is 0 Å². The highest BCUT2D eigenvalue weighted by Gasteiger charge is 2.35. The maximum absolute atomic E-state index is 13.9. The molecule has 2 unspecified atom stereocenters. The van der Waals surface area contributed by atoms with E-state index >= 15 is 0 Å². The molecule has 19 heavy (non-hydrogen) atoms. The van der Waals surface area contributed by atoms with Crippen molar-refractivity contribution in [2.75, 3.05) is 13.1 Å². The van der Waals surface area contributed by atoms with E-state index in [2.05, 4.69) is 5.32 Å². The van der Waals surface area contributed by atoms with E-state index in [0.29, 0.717) is 18.7 Å². The normalized spacial score (nSPS) is 25.5. The number of hydrogen-bond donors (Lipinski definition) is 1. The molecule has 106 valence electrons. The minimum Gasteiger partial charge on any atom is -0.311 e. The molecule has 1 aliphatic rings. The van der Waals surface area contributed by atoms with Crippen LogP contribution in [0, 0.1) is 12.7 Å². The molecular formula is C13H19FN2O2S. The molecule has 0 bridgehead atoms. The van der Waals surface area contributed by atoms with Gasteiger partial charge in [0.05, 0.1) is 0 Å². The molecule has 6 heteroatoms. The monoisotopic (exact) mass is 286 g/mol. The van der Waals surface area contributed by atoms with Crippen LogP contribution in [0.5, 0.6) is 0 Å². The molecule has 1 saturated heterocycles. The summed E-state index contributed by atoms with van der Waals surface area (Å²) in [6.07, 6.45) is 0. The maximum atomic E-state index is 13.9. The van der Waals surface area contributed by atoms with Crippen molar-refractivity contribution in [3.05, 3.63) is 29.6 Å². The average molecular weight is 286 g/mol. The molecular weight excluding hydrogens is 267 g/mol. The van der Waals surface area contributed by atoms with Crippen molar-refractivity contribution in [2.24, 2.45) is 0 Å². The zero-order valence-electron chi connectivity index (χ0n) is 11.4. The molecule has 2 rings (SSSR count). The van der Waals surface area contributed by atoms with Gasteiger partial charge in [-0.2, -0.15) is 4.31 Å². The summed E-state index contributed by atoms with van der Waals surface area (Å²) in [5.74, 6) is -0.682. The van der Waals surface area contributed by atoms with Crippen molar-refractivity contribution >= 4 is 10.0 Å². The van der Waals surface area contributed by atoms with Crippen molar-refractivity contribution in [3.8, 4) is 0 Å². The van der Waals surface area contributed by atoms with Crippen LogP contribution in [0.3, 0.4) is 0 Å². The first kappa shape index (κ1) is 14.4. The Morgan fingerprint density at radius 2 is 2.05 bits per heavy atom. The standard InChI is InChI=1S/C13H19FN2O2S/c1-9-4-5-13(12(14)8-9)19(17,18)16-7-6-15-10(2)11(16)3/h4-5,8,10-11,15H,6-7H2,1-3H3. The fourth-order valence-corrected chi connectivity index (χ4v) is 4.06. The highest BCUT2D eigenvalue weighted by atomic mass is 32.2. The van der Waals surface area contributed by atoms with Crippen LogP contribution in [0.2, 0.25) is 0 Å². The van der Waals surface area contributed by atoms with Gasteiger partial charge in [-0.1, -0.05) is 6.07 Å². The molecule has 0 radical (unpaired) electrons. The molecule has 4 nitrogen and oxygen atoms in total. The summed E-state index contributed by atoms with van der Waals surface area (Å²) in [5.41, 5.74) is 0.707. The first-order valence-electron chi connectivity index (χ1n) is 6.35. The second kappa shape index (κ2) is 5.19. The fraction of sp³-hybridized carbons (Fsp3) is 0.538. The van der Waals surface area contributed by atoms with Gasteiger partial charge in [-0.25, -0.2) is 12.8 Å². The Kier molecular flexibility index (Phi) is 3.94. The predicted octanol–water partition coefficient (Wildman–Crippen LogP) is 1.51. The fourth-order valence-electron chi connectivity index (χ4n) is 2.31. The Morgan fingerprint density at radius 3 is 2.68 bits per heavy atom. The molecule has 0 aromatic heterocycles. The van der Waals surface area contributed by atoms with Gasteiger partial charge < -0.3 is 5.32 Å². The number of piperazine rings is 1. The largest absolute Gasteiger partial charge is 0.311 e. The quantitative estimate of drug-likeness (QED) is 0.896. The van der Waals surface area contributed by atoms with Crippen LogP contribution in [0.15, 0.2) is 23.1 Å². The Balaban J connectivity index is 2.41. The van der Waals surface area contributed by atoms with Gasteiger partial charge in [0.2, 0.25) is 10.0 Å². The number of hydrogen-bond acceptors (Lipinski definition) is 3. The van der Waals surface area contributed by atoms with Gasteiger partial charge in [0.1, 0.15) is 10.7 Å². The van der Waals surface area contributed by atoms with E-state index in [4.69, 9.17) is 0 Å². The highest BCUT2D eigenvalue weighted by Crippen LogP contribution is 2.24. The molecule has 0 saturated carbocycles. The molecule has 1 heterocycles. The zero-order chi connectivity index (χ0) is 14.2. The Bertz CT molecular complexity index is 574. The first-order chi connectivity index (χ1) is 8.84. The lowest BCUT2D eigenvalue weighted by atomic mass is 10.1. The van der Waals surface area contributed by atoms with Crippen LogP contribution in [-0.4, -0.2) is 37.9 Å². The number of nitrogens with zero attached hydrogens (tertiary/aromatic N) is 1. The van der Waals surface area contributed by atoms with Crippen molar-refractivity contribution in [1.82, 2.24) is 9.62 Å².